The summed E-state index contributed by atoms with van der Waals surface area (Å²) >= 11 is 0. The Labute approximate surface area is 187 Å². The Bertz CT molecular complexity index is 511. The highest BCUT2D eigenvalue weighted by molar-refractivity contribution is 5.80. The summed E-state index contributed by atoms with van der Waals surface area (Å²) in [5.74, 6) is -0.474. The van der Waals surface area contributed by atoms with Gasteiger partial charge in [0.2, 0.25) is 0 Å². The van der Waals surface area contributed by atoms with E-state index in [0.29, 0.717) is 5.41 Å². The zero-order valence-electron chi connectivity index (χ0n) is 20.1. The summed E-state index contributed by atoms with van der Waals surface area (Å²) in [6.45, 7) is 2.29. The third-order valence-corrected chi connectivity index (χ3v) is 9.20. The third kappa shape index (κ3) is 5.83. The van der Waals surface area contributed by atoms with E-state index >= 15 is 0 Å². The van der Waals surface area contributed by atoms with Crippen LogP contribution >= 0.6 is 0 Å². The van der Waals surface area contributed by atoms with Gasteiger partial charge in [-0.2, -0.15) is 0 Å². The van der Waals surface area contributed by atoms with E-state index in [1.54, 1.807) is 0 Å². The van der Waals surface area contributed by atoms with E-state index < -0.39 is 5.97 Å². The topological polar surface area (TPSA) is 37.3 Å². The van der Waals surface area contributed by atoms with Crippen LogP contribution in [0.1, 0.15) is 155 Å². The van der Waals surface area contributed by atoms with Crippen molar-refractivity contribution in [3.05, 3.63) is 0 Å². The van der Waals surface area contributed by atoms with Crippen molar-refractivity contribution in [2.45, 2.75) is 155 Å². The number of unbranched alkanes of at least 4 members (excludes halogenated alkanes) is 15. The molecule has 0 spiro atoms. The lowest BCUT2D eigenvalue weighted by atomic mass is 9.70. The molecule has 30 heavy (non-hydrogen) atoms. The first-order valence-electron chi connectivity index (χ1n) is 13.9. The Balaban J connectivity index is 1.12. The highest BCUT2D eigenvalue weighted by Gasteiger charge is 2.78. The van der Waals surface area contributed by atoms with Crippen LogP contribution in [0.3, 0.4) is 0 Å². The molecule has 2 heteroatoms. The Kier molecular flexibility index (Phi) is 9.14. The summed E-state index contributed by atoms with van der Waals surface area (Å²) in [7, 11) is 0. The van der Waals surface area contributed by atoms with Crippen LogP contribution in [0.2, 0.25) is 0 Å². The molecule has 3 fully saturated rings. The number of carboxylic acids is 1. The van der Waals surface area contributed by atoms with E-state index in [-0.39, 0.29) is 10.8 Å². The second-order valence-electron chi connectivity index (χ2n) is 11.3. The molecule has 0 aliphatic heterocycles. The average molecular weight is 419 g/mol. The molecule has 174 valence electrons. The molecule has 0 aromatic carbocycles. The zero-order valence-corrected chi connectivity index (χ0v) is 20.1. The van der Waals surface area contributed by atoms with Crippen molar-refractivity contribution in [2.24, 2.45) is 16.2 Å². The zero-order chi connectivity index (χ0) is 21.3. The van der Waals surface area contributed by atoms with Crippen molar-refractivity contribution in [1.82, 2.24) is 0 Å². The number of hydrogen-bond donors (Lipinski definition) is 1. The molecule has 0 saturated heterocycles. The van der Waals surface area contributed by atoms with Gasteiger partial charge in [0.25, 0.3) is 0 Å². The number of carboxylic acid groups (broad SMARTS) is 1. The monoisotopic (exact) mass is 418 g/mol. The maximum atomic E-state index is 11.9. The average Bonchev–Trinajstić information content (AvgIpc) is 3.59. The number of rotatable bonds is 20. The number of carbonyl (C=O) groups is 1. The summed E-state index contributed by atoms with van der Waals surface area (Å²) in [5, 5.41) is 9.78. The molecular weight excluding hydrogens is 368 g/mol. The molecule has 0 aromatic heterocycles. The van der Waals surface area contributed by atoms with E-state index in [1.807, 2.05) is 0 Å². The van der Waals surface area contributed by atoms with E-state index in [9.17, 15) is 9.90 Å². The minimum absolute atomic E-state index is 0.224. The van der Waals surface area contributed by atoms with Crippen molar-refractivity contribution in [3.8, 4) is 0 Å². The molecule has 3 rings (SSSR count). The molecule has 3 aliphatic carbocycles. The Morgan fingerprint density at radius 2 is 1.00 bits per heavy atom. The summed E-state index contributed by atoms with van der Waals surface area (Å²) < 4.78 is 0. The van der Waals surface area contributed by atoms with Gasteiger partial charge in [-0.3, -0.25) is 4.79 Å². The van der Waals surface area contributed by atoms with Gasteiger partial charge in [0.1, 0.15) is 0 Å². The van der Waals surface area contributed by atoms with Crippen LogP contribution in [0.5, 0.6) is 0 Å². The minimum Gasteiger partial charge on any atom is -0.481 e. The number of hydrogen-bond acceptors (Lipinski definition) is 1. The quantitative estimate of drug-likeness (QED) is 0.200. The fourth-order valence-corrected chi connectivity index (χ4v) is 6.79. The highest BCUT2D eigenvalue weighted by Crippen LogP contribution is 2.83. The highest BCUT2D eigenvalue weighted by atomic mass is 16.4. The van der Waals surface area contributed by atoms with Gasteiger partial charge in [0, 0.05) is 0 Å². The molecule has 0 radical (unpaired) electrons. The first kappa shape index (κ1) is 24.1. The number of aliphatic carboxylic acids is 1. The first-order valence-corrected chi connectivity index (χ1v) is 13.9. The fraction of sp³-hybridized carbons (Fsp3) is 0.964. The maximum absolute atomic E-state index is 11.9. The summed E-state index contributed by atoms with van der Waals surface area (Å²) in [5.41, 5.74) is 0.373. The predicted octanol–water partition coefficient (Wildman–Crippen LogP) is 9.06. The Morgan fingerprint density at radius 1 is 0.600 bits per heavy atom. The Morgan fingerprint density at radius 3 is 1.30 bits per heavy atom. The third-order valence-electron chi connectivity index (χ3n) is 9.20. The van der Waals surface area contributed by atoms with Crippen molar-refractivity contribution in [2.75, 3.05) is 0 Å². The van der Waals surface area contributed by atoms with Crippen molar-refractivity contribution in [1.29, 1.82) is 0 Å². The van der Waals surface area contributed by atoms with Crippen molar-refractivity contribution in [3.63, 3.8) is 0 Å². The molecule has 2 nitrogen and oxygen atoms in total. The lowest BCUT2D eigenvalue weighted by molar-refractivity contribution is -0.148. The lowest BCUT2D eigenvalue weighted by Gasteiger charge is -2.32. The van der Waals surface area contributed by atoms with Gasteiger partial charge in [0.15, 0.2) is 0 Å². The van der Waals surface area contributed by atoms with E-state index in [1.165, 1.54) is 135 Å². The molecule has 0 amide bonds. The predicted molar refractivity (Wildman–Crippen MR) is 127 cm³/mol. The summed E-state index contributed by atoms with van der Waals surface area (Å²) in [6.07, 6.45) is 31.1. The first-order chi connectivity index (χ1) is 14.6. The van der Waals surface area contributed by atoms with Crippen LogP contribution in [0.15, 0.2) is 0 Å². The van der Waals surface area contributed by atoms with Gasteiger partial charge < -0.3 is 5.11 Å². The lowest BCUT2D eigenvalue weighted by Crippen LogP contribution is -2.34. The smallest absolute Gasteiger partial charge is 0.310 e. The molecule has 0 atom stereocenters. The molecule has 3 aliphatic rings. The molecule has 0 heterocycles. The van der Waals surface area contributed by atoms with E-state index in [2.05, 4.69) is 6.92 Å². The molecule has 1 N–H and O–H groups in total. The summed E-state index contributed by atoms with van der Waals surface area (Å²) in [6, 6.07) is 0. The molecule has 0 unspecified atom stereocenters. The van der Waals surface area contributed by atoms with Crippen molar-refractivity contribution >= 4 is 5.97 Å². The van der Waals surface area contributed by atoms with Gasteiger partial charge in [-0.05, 0) is 55.8 Å². The second kappa shape index (κ2) is 11.4. The molecule has 0 aromatic rings. The largest absolute Gasteiger partial charge is 0.481 e. The van der Waals surface area contributed by atoms with Gasteiger partial charge in [-0.25, -0.2) is 0 Å². The standard InChI is InChI=1S/C28H50O2/c1-2-3-4-5-6-7-8-9-10-11-12-13-14-15-16-17-18-26(19-20-26)28(23-24-28)27(21-22-27)25(29)30/h2-24H2,1H3,(H,29,30). The van der Waals surface area contributed by atoms with Crippen LogP contribution in [0.4, 0.5) is 0 Å². The van der Waals surface area contributed by atoms with Gasteiger partial charge in [0.05, 0.1) is 5.41 Å². The Hall–Kier alpha value is -0.530. The van der Waals surface area contributed by atoms with Crippen LogP contribution < -0.4 is 0 Å². The van der Waals surface area contributed by atoms with Crippen LogP contribution in [0.25, 0.3) is 0 Å². The maximum Gasteiger partial charge on any atom is 0.310 e. The van der Waals surface area contributed by atoms with Gasteiger partial charge in [-0.15, -0.1) is 0 Å². The normalized spacial score (nSPS) is 22.0. The van der Waals surface area contributed by atoms with Crippen LogP contribution in [-0.4, -0.2) is 11.1 Å². The molecular formula is C28H50O2. The molecule has 0 bridgehead atoms. The fourth-order valence-electron chi connectivity index (χ4n) is 6.79. The second-order valence-corrected chi connectivity index (χ2v) is 11.3. The van der Waals surface area contributed by atoms with E-state index in [0.717, 1.165) is 12.8 Å². The van der Waals surface area contributed by atoms with Gasteiger partial charge >= 0.3 is 5.97 Å². The van der Waals surface area contributed by atoms with E-state index in [4.69, 9.17) is 0 Å². The summed E-state index contributed by atoms with van der Waals surface area (Å²) in [4.78, 5) is 11.9. The minimum atomic E-state index is -0.474. The van der Waals surface area contributed by atoms with Crippen LogP contribution in [0, 0.1) is 16.2 Å². The van der Waals surface area contributed by atoms with Gasteiger partial charge in [-0.1, -0.05) is 110 Å². The SMILES string of the molecule is CCCCCCCCCCCCCCCCCCC1(C2(C3(C(=O)O)CC3)CC2)CC1. The van der Waals surface area contributed by atoms with Crippen LogP contribution in [-0.2, 0) is 4.79 Å². The molecule has 3 saturated carbocycles. The van der Waals surface area contributed by atoms with Crippen molar-refractivity contribution < 1.29 is 9.90 Å².